The molecule has 6 heteroatoms. The third-order valence-corrected chi connectivity index (χ3v) is 4.68. The molecule has 0 aliphatic carbocycles. The second kappa shape index (κ2) is 9.12. The van der Waals surface area contributed by atoms with E-state index in [0.717, 1.165) is 24.1 Å². The average molecular weight is 316 g/mol. The number of benzene rings is 1. The molecular formula is C15H25FN2O2S. The Morgan fingerprint density at radius 3 is 2.62 bits per heavy atom. The predicted octanol–water partition coefficient (Wildman–Crippen LogP) is 1.99. The van der Waals surface area contributed by atoms with Crippen molar-refractivity contribution in [2.24, 2.45) is 0 Å². The Morgan fingerprint density at radius 1 is 1.19 bits per heavy atom. The lowest BCUT2D eigenvalue weighted by Gasteiger charge is -2.09. The van der Waals surface area contributed by atoms with Crippen molar-refractivity contribution in [3.05, 3.63) is 35.1 Å². The summed E-state index contributed by atoms with van der Waals surface area (Å²) in [5.74, 6) is -0.136. The topological polar surface area (TPSA) is 58.2 Å². The first kappa shape index (κ1) is 18.1. The first-order chi connectivity index (χ1) is 9.94. The summed E-state index contributed by atoms with van der Waals surface area (Å²) in [6.45, 7) is 5.87. The minimum atomic E-state index is -3.22. The normalized spacial score (nSPS) is 11.8. The summed E-state index contributed by atoms with van der Waals surface area (Å²) < 4.78 is 39.1. The molecule has 1 aromatic carbocycles. The molecule has 21 heavy (non-hydrogen) atoms. The summed E-state index contributed by atoms with van der Waals surface area (Å²) >= 11 is 0. The first-order valence-corrected chi connectivity index (χ1v) is 9.03. The zero-order valence-electron chi connectivity index (χ0n) is 12.8. The van der Waals surface area contributed by atoms with E-state index < -0.39 is 10.0 Å². The number of halogens is 1. The molecule has 0 saturated carbocycles. The van der Waals surface area contributed by atoms with Gasteiger partial charge in [0, 0.05) is 6.54 Å². The van der Waals surface area contributed by atoms with Gasteiger partial charge in [-0.05, 0) is 62.5 Å². The number of sulfonamides is 1. The van der Waals surface area contributed by atoms with Crippen molar-refractivity contribution in [3.8, 4) is 0 Å². The molecule has 1 aromatic rings. The van der Waals surface area contributed by atoms with Gasteiger partial charge in [0.2, 0.25) is 10.0 Å². The standard InChI is InChI=1S/C15H25FN2O2S/c1-3-8-17-9-4-11-21(19,20)18-10-7-14-5-6-15(16)12-13(14)2/h5-6,12,17-18H,3-4,7-11H2,1-2H3. The lowest BCUT2D eigenvalue weighted by molar-refractivity contribution is 0.574. The fraction of sp³-hybridized carbons (Fsp3) is 0.600. The van der Waals surface area contributed by atoms with Crippen LogP contribution in [0.5, 0.6) is 0 Å². The number of hydrogen-bond donors (Lipinski definition) is 2. The van der Waals surface area contributed by atoms with Crippen molar-refractivity contribution >= 4 is 10.0 Å². The number of rotatable bonds is 10. The second-order valence-electron chi connectivity index (χ2n) is 5.14. The monoisotopic (exact) mass is 316 g/mol. The molecule has 0 heterocycles. The molecule has 0 bridgehead atoms. The maximum Gasteiger partial charge on any atom is 0.211 e. The van der Waals surface area contributed by atoms with Gasteiger partial charge in [-0.3, -0.25) is 0 Å². The summed E-state index contributed by atoms with van der Waals surface area (Å²) in [6, 6.07) is 4.56. The first-order valence-electron chi connectivity index (χ1n) is 7.37. The number of aryl methyl sites for hydroxylation is 1. The van der Waals surface area contributed by atoms with Crippen LogP contribution in [0.25, 0.3) is 0 Å². The molecule has 0 aromatic heterocycles. The van der Waals surface area contributed by atoms with E-state index in [0.29, 0.717) is 25.9 Å². The van der Waals surface area contributed by atoms with Crippen molar-refractivity contribution in [1.82, 2.24) is 10.0 Å². The van der Waals surface area contributed by atoms with E-state index in [1.165, 1.54) is 12.1 Å². The van der Waals surface area contributed by atoms with Crippen molar-refractivity contribution in [2.75, 3.05) is 25.4 Å². The van der Waals surface area contributed by atoms with Gasteiger partial charge in [0.05, 0.1) is 5.75 Å². The molecule has 120 valence electrons. The van der Waals surface area contributed by atoms with Gasteiger partial charge in [-0.15, -0.1) is 0 Å². The fourth-order valence-electron chi connectivity index (χ4n) is 2.04. The Labute approximate surface area is 127 Å². The Morgan fingerprint density at radius 2 is 1.95 bits per heavy atom. The summed E-state index contributed by atoms with van der Waals surface area (Å²) in [5, 5.41) is 3.17. The zero-order valence-corrected chi connectivity index (χ0v) is 13.6. The van der Waals surface area contributed by atoms with Crippen LogP contribution in [0.4, 0.5) is 4.39 Å². The van der Waals surface area contributed by atoms with E-state index in [1.54, 1.807) is 6.07 Å². The molecule has 0 aliphatic heterocycles. The van der Waals surface area contributed by atoms with E-state index in [-0.39, 0.29) is 11.6 Å². The van der Waals surface area contributed by atoms with Crippen LogP contribution >= 0.6 is 0 Å². The lowest BCUT2D eigenvalue weighted by Crippen LogP contribution is -2.30. The quantitative estimate of drug-likeness (QED) is 0.649. The van der Waals surface area contributed by atoms with Gasteiger partial charge < -0.3 is 5.32 Å². The molecule has 0 saturated heterocycles. The van der Waals surface area contributed by atoms with Crippen molar-refractivity contribution in [2.45, 2.75) is 33.1 Å². The van der Waals surface area contributed by atoms with Crippen LogP contribution in [-0.4, -0.2) is 33.8 Å². The lowest BCUT2D eigenvalue weighted by atomic mass is 10.1. The van der Waals surface area contributed by atoms with Crippen LogP contribution < -0.4 is 10.0 Å². The van der Waals surface area contributed by atoms with Gasteiger partial charge in [-0.2, -0.15) is 0 Å². The van der Waals surface area contributed by atoms with Gasteiger partial charge in [-0.25, -0.2) is 17.5 Å². The van der Waals surface area contributed by atoms with Gasteiger partial charge in [0.1, 0.15) is 5.82 Å². The molecule has 0 amide bonds. The van der Waals surface area contributed by atoms with Crippen LogP contribution in [0.3, 0.4) is 0 Å². The number of hydrogen-bond acceptors (Lipinski definition) is 3. The van der Waals surface area contributed by atoms with Crippen molar-refractivity contribution in [1.29, 1.82) is 0 Å². The molecule has 0 spiro atoms. The van der Waals surface area contributed by atoms with Gasteiger partial charge in [0.25, 0.3) is 0 Å². The van der Waals surface area contributed by atoms with Crippen LogP contribution in [0.1, 0.15) is 30.9 Å². The minimum absolute atomic E-state index is 0.131. The minimum Gasteiger partial charge on any atom is -0.317 e. The number of nitrogens with one attached hydrogen (secondary N) is 2. The van der Waals surface area contributed by atoms with E-state index in [9.17, 15) is 12.8 Å². The van der Waals surface area contributed by atoms with Crippen LogP contribution in [0.2, 0.25) is 0 Å². The SMILES string of the molecule is CCCNCCCS(=O)(=O)NCCc1ccc(F)cc1C. The molecule has 2 N–H and O–H groups in total. The maximum atomic E-state index is 13.0. The largest absolute Gasteiger partial charge is 0.317 e. The Kier molecular flexibility index (Phi) is 7.85. The molecule has 0 unspecified atom stereocenters. The molecule has 4 nitrogen and oxygen atoms in total. The molecular weight excluding hydrogens is 291 g/mol. The van der Waals surface area contributed by atoms with E-state index in [1.807, 2.05) is 6.92 Å². The van der Waals surface area contributed by atoms with Crippen molar-refractivity contribution < 1.29 is 12.8 Å². The summed E-state index contributed by atoms with van der Waals surface area (Å²) in [5.41, 5.74) is 1.81. The molecule has 0 radical (unpaired) electrons. The smallest absolute Gasteiger partial charge is 0.211 e. The second-order valence-corrected chi connectivity index (χ2v) is 7.06. The molecule has 1 rings (SSSR count). The van der Waals surface area contributed by atoms with E-state index >= 15 is 0 Å². The molecule has 0 atom stereocenters. The average Bonchev–Trinajstić information content (AvgIpc) is 2.41. The van der Waals surface area contributed by atoms with Crippen LogP contribution in [0, 0.1) is 12.7 Å². The van der Waals surface area contributed by atoms with Crippen LogP contribution in [-0.2, 0) is 16.4 Å². The van der Waals surface area contributed by atoms with Crippen molar-refractivity contribution in [3.63, 3.8) is 0 Å². The molecule has 0 fully saturated rings. The van der Waals surface area contributed by atoms with Gasteiger partial charge in [-0.1, -0.05) is 13.0 Å². The van der Waals surface area contributed by atoms with E-state index in [4.69, 9.17) is 0 Å². The highest BCUT2D eigenvalue weighted by molar-refractivity contribution is 7.89. The summed E-state index contributed by atoms with van der Waals surface area (Å²) in [4.78, 5) is 0. The third-order valence-electron chi connectivity index (χ3n) is 3.21. The highest BCUT2D eigenvalue weighted by atomic mass is 32.2. The summed E-state index contributed by atoms with van der Waals surface area (Å²) in [6.07, 6.45) is 2.21. The predicted molar refractivity (Wildman–Crippen MR) is 84.4 cm³/mol. The Balaban J connectivity index is 2.30. The van der Waals surface area contributed by atoms with Gasteiger partial charge >= 0.3 is 0 Å². The highest BCUT2D eigenvalue weighted by Crippen LogP contribution is 2.10. The van der Waals surface area contributed by atoms with Crippen LogP contribution in [0.15, 0.2) is 18.2 Å². The molecule has 0 aliphatic rings. The third kappa shape index (κ3) is 7.55. The maximum absolute atomic E-state index is 13.0. The van der Waals surface area contributed by atoms with E-state index in [2.05, 4.69) is 17.0 Å². The highest BCUT2D eigenvalue weighted by Gasteiger charge is 2.09. The Bertz CT molecular complexity index is 532. The zero-order chi connectivity index (χ0) is 15.7. The summed E-state index contributed by atoms with van der Waals surface area (Å²) in [7, 11) is -3.22. The van der Waals surface area contributed by atoms with Gasteiger partial charge in [0.15, 0.2) is 0 Å². The fourth-order valence-corrected chi connectivity index (χ4v) is 3.12. The Hall–Kier alpha value is -0.980.